The molecule has 0 N–H and O–H groups in total. The summed E-state index contributed by atoms with van der Waals surface area (Å²) >= 11 is 0. The zero-order valence-electron chi connectivity index (χ0n) is 16.9. The number of rotatable bonds is 2. The highest BCUT2D eigenvalue weighted by atomic mass is 19.1. The average Bonchev–Trinajstić information content (AvgIpc) is 3.40. The first-order valence-corrected chi connectivity index (χ1v) is 10.7. The summed E-state index contributed by atoms with van der Waals surface area (Å²) in [5.41, 5.74) is 5.65. The molecule has 30 heavy (non-hydrogen) atoms. The predicted molar refractivity (Wildman–Crippen MR) is 120 cm³/mol. The fraction of sp³-hybridized carbons (Fsp3) is 0.222. The lowest BCUT2D eigenvalue weighted by molar-refractivity contribution is 0.622. The number of benzene rings is 3. The molecular formula is C27H22FNO. The van der Waals surface area contributed by atoms with Crippen molar-refractivity contribution in [3.8, 4) is 11.3 Å². The molecule has 2 heterocycles. The minimum Gasteiger partial charge on any atom is -0.455 e. The molecule has 148 valence electrons. The van der Waals surface area contributed by atoms with Crippen LogP contribution in [0.15, 0.2) is 65.2 Å². The smallest absolute Gasteiger partial charge is 0.144 e. The van der Waals surface area contributed by atoms with Crippen LogP contribution < -0.4 is 0 Å². The SMILES string of the molecule is Cc1cc(-c2nccc3c(C4CCCC4)cc(F)cc23)c2oc3ccccc3c2c1. The van der Waals surface area contributed by atoms with Gasteiger partial charge in [-0.05, 0) is 78.6 Å². The van der Waals surface area contributed by atoms with Crippen molar-refractivity contribution >= 4 is 32.7 Å². The molecule has 0 unspecified atom stereocenters. The summed E-state index contributed by atoms with van der Waals surface area (Å²) in [4.78, 5) is 4.72. The number of fused-ring (bicyclic) bond motifs is 4. The first-order valence-electron chi connectivity index (χ1n) is 10.7. The minimum atomic E-state index is -0.188. The van der Waals surface area contributed by atoms with Crippen molar-refractivity contribution in [2.24, 2.45) is 0 Å². The second-order valence-electron chi connectivity index (χ2n) is 8.52. The van der Waals surface area contributed by atoms with Crippen LogP contribution in [0.4, 0.5) is 4.39 Å². The van der Waals surface area contributed by atoms with Gasteiger partial charge >= 0.3 is 0 Å². The van der Waals surface area contributed by atoms with Crippen molar-refractivity contribution in [3.63, 3.8) is 0 Å². The first kappa shape index (κ1) is 17.6. The maximum atomic E-state index is 14.8. The first-order chi connectivity index (χ1) is 14.7. The van der Waals surface area contributed by atoms with Gasteiger partial charge in [0.1, 0.15) is 17.0 Å². The second-order valence-corrected chi connectivity index (χ2v) is 8.52. The summed E-state index contributed by atoms with van der Waals surface area (Å²) in [6.45, 7) is 2.08. The van der Waals surface area contributed by atoms with Crippen molar-refractivity contribution in [3.05, 3.63) is 77.7 Å². The Morgan fingerprint density at radius 1 is 0.900 bits per heavy atom. The van der Waals surface area contributed by atoms with Crippen LogP contribution in [0.2, 0.25) is 0 Å². The number of pyridine rings is 1. The fourth-order valence-corrected chi connectivity index (χ4v) is 5.21. The van der Waals surface area contributed by atoms with Crippen molar-refractivity contribution in [2.75, 3.05) is 0 Å². The lowest BCUT2D eigenvalue weighted by Crippen LogP contribution is -1.97. The molecule has 0 amide bonds. The van der Waals surface area contributed by atoms with Gasteiger partial charge in [0.05, 0.1) is 5.69 Å². The molecule has 0 radical (unpaired) electrons. The number of halogens is 1. The third-order valence-electron chi connectivity index (χ3n) is 6.55. The van der Waals surface area contributed by atoms with E-state index >= 15 is 0 Å². The van der Waals surface area contributed by atoms with Crippen LogP contribution in [0.5, 0.6) is 0 Å². The molecule has 1 fully saturated rings. The number of hydrogen-bond donors (Lipinski definition) is 0. The van der Waals surface area contributed by atoms with Gasteiger partial charge in [0, 0.05) is 27.9 Å². The third kappa shape index (κ3) is 2.65. The predicted octanol–water partition coefficient (Wildman–Crippen LogP) is 7.91. The molecular weight excluding hydrogens is 373 g/mol. The number of hydrogen-bond acceptors (Lipinski definition) is 2. The molecule has 0 spiro atoms. The Kier molecular flexibility index (Phi) is 3.92. The zero-order chi connectivity index (χ0) is 20.2. The molecule has 0 bridgehead atoms. The standard InChI is InChI=1S/C27H22FNO/c1-16-12-23-20-8-4-5-9-25(20)30-27(23)24(13-16)26-22-15-18(28)14-21(17-6-2-3-7-17)19(22)10-11-29-26/h4-5,8-15,17H,2-3,6-7H2,1H3. The van der Waals surface area contributed by atoms with Crippen LogP contribution >= 0.6 is 0 Å². The molecule has 0 aliphatic heterocycles. The molecule has 1 saturated carbocycles. The maximum absolute atomic E-state index is 14.8. The summed E-state index contributed by atoms with van der Waals surface area (Å²) in [7, 11) is 0. The minimum absolute atomic E-state index is 0.188. The van der Waals surface area contributed by atoms with Crippen LogP contribution in [0.1, 0.15) is 42.7 Å². The van der Waals surface area contributed by atoms with Crippen LogP contribution in [-0.4, -0.2) is 4.98 Å². The van der Waals surface area contributed by atoms with Gasteiger partial charge in [-0.25, -0.2) is 4.39 Å². The van der Waals surface area contributed by atoms with Crippen molar-refractivity contribution in [2.45, 2.75) is 38.5 Å². The van der Waals surface area contributed by atoms with Gasteiger partial charge in [-0.3, -0.25) is 4.98 Å². The van der Waals surface area contributed by atoms with Gasteiger partial charge in [0.15, 0.2) is 0 Å². The van der Waals surface area contributed by atoms with Crippen molar-refractivity contribution in [1.82, 2.24) is 4.98 Å². The Balaban J connectivity index is 1.68. The zero-order valence-corrected chi connectivity index (χ0v) is 16.9. The Hall–Kier alpha value is -3.20. The van der Waals surface area contributed by atoms with Crippen LogP contribution in [0.25, 0.3) is 44.0 Å². The maximum Gasteiger partial charge on any atom is 0.144 e. The number of aryl methyl sites for hydroxylation is 1. The molecule has 2 nitrogen and oxygen atoms in total. The lowest BCUT2D eigenvalue weighted by atomic mass is 9.90. The van der Waals surface area contributed by atoms with Crippen molar-refractivity contribution < 1.29 is 8.81 Å². The fourth-order valence-electron chi connectivity index (χ4n) is 5.21. The summed E-state index contributed by atoms with van der Waals surface area (Å²) < 4.78 is 21.0. The third-order valence-corrected chi connectivity index (χ3v) is 6.55. The van der Waals surface area contributed by atoms with Gasteiger partial charge in [-0.1, -0.05) is 31.0 Å². The molecule has 5 aromatic rings. The van der Waals surface area contributed by atoms with E-state index in [0.29, 0.717) is 5.92 Å². The monoisotopic (exact) mass is 395 g/mol. The van der Waals surface area contributed by atoms with Crippen molar-refractivity contribution in [1.29, 1.82) is 0 Å². The van der Waals surface area contributed by atoms with Crippen LogP contribution in [0.3, 0.4) is 0 Å². The average molecular weight is 395 g/mol. The molecule has 2 aromatic heterocycles. The van der Waals surface area contributed by atoms with E-state index in [1.807, 2.05) is 30.5 Å². The molecule has 3 aromatic carbocycles. The van der Waals surface area contributed by atoms with Gasteiger partial charge in [-0.15, -0.1) is 0 Å². The van der Waals surface area contributed by atoms with E-state index in [1.165, 1.54) is 12.8 Å². The quantitative estimate of drug-likeness (QED) is 0.303. The number of para-hydroxylation sites is 1. The van der Waals surface area contributed by atoms with Gasteiger partial charge in [0.2, 0.25) is 0 Å². The normalized spacial score (nSPS) is 15.0. The van der Waals surface area contributed by atoms with Crippen LogP contribution in [-0.2, 0) is 0 Å². The largest absolute Gasteiger partial charge is 0.455 e. The van der Waals surface area contributed by atoms with Crippen LogP contribution in [0, 0.1) is 12.7 Å². The highest BCUT2D eigenvalue weighted by molar-refractivity contribution is 6.12. The highest BCUT2D eigenvalue weighted by Gasteiger charge is 2.22. The Bertz CT molecular complexity index is 1430. The molecule has 6 rings (SSSR count). The van der Waals surface area contributed by atoms with Gasteiger partial charge < -0.3 is 4.42 Å². The summed E-state index contributed by atoms with van der Waals surface area (Å²) in [6, 6.07) is 17.7. The summed E-state index contributed by atoms with van der Waals surface area (Å²) in [5.74, 6) is 0.245. The number of furan rings is 1. The van der Waals surface area contributed by atoms with Gasteiger partial charge in [-0.2, -0.15) is 0 Å². The molecule has 0 atom stereocenters. The summed E-state index contributed by atoms with van der Waals surface area (Å²) in [6.07, 6.45) is 6.56. The molecule has 1 aliphatic carbocycles. The molecule has 1 aliphatic rings. The number of aromatic nitrogens is 1. The van der Waals surface area contributed by atoms with E-state index < -0.39 is 0 Å². The van der Waals surface area contributed by atoms with E-state index in [1.54, 1.807) is 12.1 Å². The van der Waals surface area contributed by atoms with E-state index in [0.717, 1.165) is 67.9 Å². The molecule has 3 heteroatoms. The van der Waals surface area contributed by atoms with E-state index in [4.69, 9.17) is 9.40 Å². The second kappa shape index (κ2) is 6.66. The van der Waals surface area contributed by atoms with E-state index in [9.17, 15) is 4.39 Å². The van der Waals surface area contributed by atoms with E-state index in [2.05, 4.69) is 25.1 Å². The number of nitrogens with zero attached hydrogens (tertiary/aromatic N) is 1. The van der Waals surface area contributed by atoms with Gasteiger partial charge in [0.25, 0.3) is 0 Å². The Morgan fingerprint density at radius 3 is 2.60 bits per heavy atom. The van der Waals surface area contributed by atoms with E-state index in [-0.39, 0.29) is 5.82 Å². The topological polar surface area (TPSA) is 26.0 Å². The summed E-state index contributed by atoms with van der Waals surface area (Å²) in [5, 5.41) is 4.15. The lowest BCUT2D eigenvalue weighted by Gasteiger charge is -2.15. The molecule has 0 saturated heterocycles. The Labute approximate surface area is 174 Å². The Morgan fingerprint density at radius 2 is 1.73 bits per heavy atom. The highest BCUT2D eigenvalue weighted by Crippen LogP contribution is 2.42.